The van der Waals surface area contributed by atoms with Crippen LogP contribution in [0, 0.1) is 0 Å². The SMILES string of the molecule is CCCCOC(C)(C)CC(=O)NC(C)C. The van der Waals surface area contributed by atoms with Gasteiger partial charge in [-0.25, -0.2) is 0 Å². The number of hydrogen-bond acceptors (Lipinski definition) is 2. The highest BCUT2D eigenvalue weighted by molar-refractivity contribution is 5.77. The minimum Gasteiger partial charge on any atom is -0.375 e. The van der Waals surface area contributed by atoms with Crippen molar-refractivity contribution in [2.45, 2.75) is 65.5 Å². The van der Waals surface area contributed by atoms with Gasteiger partial charge in [-0.05, 0) is 34.1 Å². The van der Waals surface area contributed by atoms with Crippen molar-refractivity contribution in [3.8, 4) is 0 Å². The maximum Gasteiger partial charge on any atom is 0.223 e. The van der Waals surface area contributed by atoms with E-state index in [4.69, 9.17) is 4.74 Å². The molecular weight excluding hydrogens is 190 g/mol. The quantitative estimate of drug-likeness (QED) is 0.663. The molecule has 0 radical (unpaired) electrons. The van der Waals surface area contributed by atoms with Crippen molar-refractivity contribution in [1.82, 2.24) is 5.32 Å². The van der Waals surface area contributed by atoms with Crippen molar-refractivity contribution >= 4 is 5.91 Å². The molecule has 0 aliphatic heterocycles. The summed E-state index contributed by atoms with van der Waals surface area (Å²) in [5.41, 5.74) is -0.353. The topological polar surface area (TPSA) is 38.3 Å². The maximum atomic E-state index is 11.5. The molecule has 3 heteroatoms. The Labute approximate surface area is 93.6 Å². The molecular formula is C12H25NO2. The lowest BCUT2D eigenvalue weighted by Crippen LogP contribution is -2.37. The third-order valence-corrected chi connectivity index (χ3v) is 2.03. The first kappa shape index (κ1) is 14.4. The summed E-state index contributed by atoms with van der Waals surface area (Å²) in [6, 6.07) is 0.198. The molecule has 0 aliphatic carbocycles. The van der Waals surface area contributed by atoms with Crippen LogP contribution in [0.2, 0.25) is 0 Å². The standard InChI is InChI=1S/C12H25NO2/c1-6-7-8-15-12(4,5)9-11(14)13-10(2)3/h10H,6-9H2,1-5H3,(H,13,14). The second-order valence-electron chi connectivity index (χ2n) is 4.86. The lowest BCUT2D eigenvalue weighted by molar-refractivity contribution is -0.128. The van der Waals surface area contributed by atoms with E-state index < -0.39 is 0 Å². The molecule has 0 saturated heterocycles. The van der Waals surface area contributed by atoms with Gasteiger partial charge in [0.05, 0.1) is 12.0 Å². The molecule has 0 aromatic heterocycles. The molecule has 0 aromatic rings. The van der Waals surface area contributed by atoms with E-state index in [0.29, 0.717) is 6.42 Å². The van der Waals surface area contributed by atoms with Crippen LogP contribution >= 0.6 is 0 Å². The van der Waals surface area contributed by atoms with Crippen LogP contribution in [0.25, 0.3) is 0 Å². The number of unbranched alkanes of at least 4 members (excludes halogenated alkanes) is 1. The predicted molar refractivity (Wildman–Crippen MR) is 62.8 cm³/mol. The summed E-state index contributed by atoms with van der Waals surface area (Å²) in [5.74, 6) is 0.0616. The second-order valence-corrected chi connectivity index (χ2v) is 4.86. The Balaban J connectivity index is 3.85. The molecule has 3 nitrogen and oxygen atoms in total. The van der Waals surface area contributed by atoms with Gasteiger partial charge in [0.25, 0.3) is 0 Å². The zero-order valence-electron chi connectivity index (χ0n) is 10.7. The molecule has 0 atom stereocenters. The second kappa shape index (κ2) is 6.83. The van der Waals surface area contributed by atoms with Gasteiger partial charge in [0.2, 0.25) is 5.91 Å². The Bertz CT molecular complexity index is 188. The van der Waals surface area contributed by atoms with Crippen LogP contribution in [0.1, 0.15) is 53.9 Å². The summed E-state index contributed by atoms with van der Waals surface area (Å²) in [4.78, 5) is 11.5. The number of hydrogen-bond donors (Lipinski definition) is 1. The van der Waals surface area contributed by atoms with Crippen molar-refractivity contribution in [3.63, 3.8) is 0 Å². The van der Waals surface area contributed by atoms with Crippen molar-refractivity contribution in [1.29, 1.82) is 0 Å². The molecule has 0 heterocycles. The van der Waals surface area contributed by atoms with E-state index in [1.807, 2.05) is 27.7 Å². The molecule has 1 amide bonds. The zero-order chi connectivity index (χ0) is 11.9. The molecule has 0 saturated carbocycles. The normalized spacial score (nSPS) is 11.9. The average Bonchev–Trinajstić information content (AvgIpc) is 2.00. The number of ether oxygens (including phenoxy) is 1. The lowest BCUT2D eigenvalue weighted by atomic mass is 10.0. The smallest absolute Gasteiger partial charge is 0.223 e. The minimum absolute atomic E-state index is 0.0616. The fraction of sp³-hybridized carbons (Fsp3) is 0.917. The Hall–Kier alpha value is -0.570. The number of amides is 1. The van der Waals surface area contributed by atoms with Crippen molar-refractivity contribution in [2.75, 3.05) is 6.61 Å². The molecule has 1 N–H and O–H groups in total. The summed E-state index contributed by atoms with van der Waals surface area (Å²) in [7, 11) is 0. The highest BCUT2D eigenvalue weighted by Crippen LogP contribution is 2.15. The zero-order valence-corrected chi connectivity index (χ0v) is 10.7. The minimum atomic E-state index is -0.353. The molecule has 15 heavy (non-hydrogen) atoms. The van der Waals surface area contributed by atoms with Gasteiger partial charge < -0.3 is 10.1 Å². The first-order valence-corrected chi connectivity index (χ1v) is 5.80. The molecule has 0 rings (SSSR count). The number of carbonyl (C=O) groups excluding carboxylic acids is 1. The van der Waals surface area contributed by atoms with Gasteiger partial charge in [-0.1, -0.05) is 13.3 Å². The molecule has 0 aromatic carbocycles. The van der Waals surface area contributed by atoms with Crippen molar-refractivity contribution in [2.24, 2.45) is 0 Å². The van der Waals surface area contributed by atoms with Gasteiger partial charge in [0, 0.05) is 12.6 Å². The highest BCUT2D eigenvalue weighted by Gasteiger charge is 2.22. The number of carbonyl (C=O) groups is 1. The average molecular weight is 215 g/mol. The van der Waals surface area contributed by atoms with Gasteiger partial charge >= 0.3 is 0 Å². The van der Waals surface area contributed by atoms with Crippen molar-refractivity contribution < 1.29 is 9.53 Å². The van der Waals surface area contributed by atoms with E-state index in [-0.39, 0.29) is 17.6 Å². The highest BCUT2D eigenvalue weighted by atomic mass is 16.5. The van der Waals surface area contributed by atoms with E-state index in [9.17, 15) is 4.79 Å². The first-order chi connectivity index (χ1) is 6.87. The van der Waals surface area contributed by atoms with Crippen LogP contribution in [0.15, 0.2) is 0 Å². The molecule has 0 unspecified atom stereocenters. The van der Waals surface area contributed by atoms with Crippen molar-refractivity contribution in [3.05, 3.63) is 0 Å². The third-order valence-electron chi connectivity index (χ3n) is 2.03. The maximum absolute atomic E-state index is 11.5. The lowest BCUT2D eigenvalue weighted by Gasteiger charge is -2.25. The molecule has 0 bridgehead atoms. The first-order valence-electron chi connectivity index (χ1n) is 5.80. The molecule has 0 fully saturated rings. The monoisotopic (exact) mass is 215 g/mol. The van der Waals surface area contributed by atoms with Gasteiger partial charge in [-0.2, -0.15) is 0 Å². The fourth-order valence-corrected chi connectivity index (χ4v) is 1.30. The largest absolute Gasteiger partial charge is 0.375 e. The Morgan fingerprint density at radius 3 is 2.47 bits per heavy atom. The summed E-state index contributed by atoms with van der Waals surface area (Å²) < 4.78 is 5.66. The fourth-order valence-electron chi connectivity index (χ4n) is 1.30. The van der Waals surface area contributed by atoms with E-state index in [1.54, 1.807) is 0 Å². The Morgan fingerprint density at radius 1 is 1.40 bits per heavy atom. The van der Waals surface area contributed by atoms with Gasteiger partial charge in [0.15, 0.2) is 0 Å². The summed E-state index contributed by atoms with van der Waals surface area (Å²) in [6.07, 6.45) is 2.60. The summed E-state index contributed by atoms with van der Waals surface area (Å²) >= 11 is 0. The van der Waals surface area contributed by atoms with Crippen LogP contribution in [-0.2, 0) is 9.53 Å². The Morgan fingerprint density at radius 2 is 2.00 bits per heavy atom. The Kier molecular flexibility index (Phi) is 6.57. The van der Waals surface area contributed by atoms with Crippen LogP contribution in [0.5, 0.6) is 0 Å². The van der Waals surface area contributed by atoms with E-state index >= 15 is 0 Å². The number of rotatable bonds is 7. The number of nitrogens with one attached hydrogen (secondary N) is 1. The molecule has 0 aliphatic rings. The molecule has 90 valence electrons. The van der Waals surface area contributed by atoms with Crippen LogP contribution in [0.3, 0.4) is 0 Å². The van der Waals surface area contributed by atoms with Crippen LogP contribution in [0.4, 0.5) is 0 Å². The summed E-state index contributed by atoms with van der Waals surface area (Å²) in [6.45, 7) is 10.7. The third kappa shape index (κ3) is 8.43. The van der Waals surface area contributed by atoms with E-state index in [0.717, 1.165) is 19.4 Å². The van der Waals surface area contributed by atoms with Gasteiger partial charge in [0.1, 0.15) is 0 Å². The van der Waals surface area contributed by atoms with Crippen LogP contribution < -0.4 is 5.32 Å². The van der Waals surface area contributed by atoms with E-state index in [1.165, 1.54) is 0 Å². The molecule has 0 spiro atoms. The van der Waals surface area contributed by atoms with E-state index in [2.05, 4.69) is 12.2 Å². The van der Waals surface area contributed by atoms with Gasteiger partial charge in [-0.3, -0.25) is 4.79 Å². The van der Waals surface area contributed by atoms with Gasteiger partial charge in [-0.15, -0.1) is 0 Å². The predicted octanol–water partition coefficient (Wildman–Crippen LogP) is 2.50. The van der Waals surface area contributed by atoms with Crippen LogP contribution in [-0.4, -0.2) is 24.2 Å². The summed E-state index contributed by atoms with van der Waals surface area (Å²) in [5, 5.41) is 2.87.